The van der Waals surface area contributed by atoms with E-state index in [1.165, 1.54) is 0 Å². The van der Waals surface area contributed by atoms with Crippen LogP contribution in [0.15, 0.2) is 22.7 Å². The van der Waals surface area contributed by atoms with Gasteiger partial charge in [0.05, 0.1) is 0 Å². The first kappa shape index (κ1) is 12.9. The monoisotopic (exact) mass is 316 g/mol. The van der Waals surface area contributed by atoms with E-state index in [0.717, 1.165) is 22.9 Å². The van der Waals surface area contributed by atoms with Crippen molar-refractivity contribution >= 4 is 33.4 Å². The number of amides is 1. The zero-order valence-corrected chi connectivity index (χ0v) is 11.9. The van der Waals surface area contributed by atoms with E-state index in [1.54, 1.807) is 12.1 Å². The molecule has 1 N–H and O–H groups in total. The van der Waals surface area contributed by atoms with Crippen molar-refractivity contribution < 1.29 is 4.79 Å². The van der Waals surface area contributed by atoms with E-state index in [-0.39, 0.29) is 11.8 Å². The van der Waals surface area contributed by atoms with Gasteiger partial charge in [-0.15, -0.1) is 0 Å². The molecular weight excluding hydrogens is 304 g/mol. The van der Waals surface area contributed by atoms with Crippen molar-refractivity contribution in [3.63, 3.8) is 0 Å². The van der Waals surface area contributed by atoms with E-state index >= 15 is 0 Å². The zero-order chi connectivity index (χ0) is 12.4. The lowest BCUT2D eigenvalue weighted by Crippen LogP contribution is -2.40. The molecule has 0 aliphatic heterocycles. The van der Waals surface area contributed by atoms with Crippen LogP contribution in [0.3, 0.4) is 0 Å². The number of hydrogen-bond donors (Lipinski definition) is 1. The van der Waals surface area contributed by atoms with Crippen LogP contribution >= 0.6 is 27.5 Å². The van der Waals surface area contributed by atoms with Gasteiger partial charge in [0.25, 0.3) is 0 Å². The van der Waals surface area contributed by atoms with Gasteiger partial charge in [-0.1, -0.05) is 33.6 Å². The molecule has 2 rings (SSSR count). The Bertz CT molecular complexity index is 435. The fraction of sp³-hybridized carbons (Fsp3) is 0.417. The van der Waals surface area contributed by atoms with E-state index in [9.17, 15) is 4.79 Å². The molecule has 1 amide bonds. The minimum atomic E-state index is 0.165. The lowest BCUT2D eigenvalue weighted by atomic mass is 10.2. The molecular formula is C12H14BrClN2O. The van der Waals surface area contributed by atoms with E-state index in [0.29, 0.717) is 11.6 Å². The summed E-state index contributed by atoms with van der Waals surface area (Å²) in [5.41, 5.74) is 4.04. The first-order chi connectivity index (χ1) is 8.08. The van der Waals surface area contributed by atoms with E-state index in [4.69, 9.17) is 11.6 Å². The van der Waals surface area contributed by atoms with Gasteiger partial charge in [0.1, 0.15) is 0 Å². The summed E-state index contributed by atoms with van der Waals surface area (Å²) >= 11 is 9.45. The molecule has 1 aromatic carbocycles. The Hall–Kier alpha value is -0.580. The third-order valence-electron chi connectivity index (χ3n) is 2.78. The van der Waals surface area contributed by atoms with Gasteiger partial charge in [0, 0.05) is 29.0 Å². The number of halogens is 2. The van der Waals surface area contributed by atoms with Crippen LogP contribution in [0.25, 0.3) is 0 Å². The molecule has 1 aliphatic rings. The highest BCUT2D eigenvalue weighted by Gasteiger charge is 2.31. The van der Waals surface area contributed by atoms with Crippen molar-refractivity contribution in [2.24, 2.45) is 5.92 Å². The summed E-state index contributed by atoms with van der Waals surface area (Å²) in [5.74, 6) is 0.395. The summed E-state index contributed by atoms with van der Waals surface area (Å²) in [6.45, 7) is 0.557. The molecule has 5 heteroatoms. The molecule has 0 atom stereocenters. The number of hydrogen-bond acceptors (Lipinski definition) is 2. The van der Waals surface area contributed by atoms with Gasteiger partial charge < -0.3 is 0 Å². The largest absolute Gasteiger partial charge is 0.281 e. The molecule has 1 aliphatic carbocycles. The maximum Gasteiger partial charge on any atom is 0.239 e. The summed E-state index contributed by atoms with van der Waals surface area (Å²) in [6, 6.07) is 5.72. The van der Waals surface area contributed by atoms with Crippen molar-refractivity contribution in [3.05, 3.63) is 33.3 Å². The summed E-state index contributed by atoms with van der Waals surface area (Å²) in [4.78, 5) is 11.7. The molecule has 1 saturated carbocycles. The second kappa shape index (κ2) is 5.38. The first-order valence-corrected chi connectivity index (χ1v) is 6.70. The standard InChI is InChI=1S/C12H14BrClN2O/c1-16(12(17)8-2-3-8)15-7-9-4-5-10(13)6-11(9)14/h4-6,8,15H,2-3,7H2,1H3. The second-order valence-corrected chi connectivity index (χ2v) is 5.57. The average Bonchev–Trinajstić information content (AvgIpc) is 3.10. The smallest absolute Gasteiger partial charge is 0.239 e. The fourth-order valence-electron chi connectivity index (χ4n) is 1.55. The molecule has 0 radical (unpaired) electrons. The van der Waals surface area contributed by atoms with Gasteiger partial charge in [-0.25, -0.2) is 5.43 Å². The summed E-state index contributed by atoms with van der Waals surface area (Å²) in [7, 11) is 1.76. The number of carbonyl (C=O) groups excluding carboxylic acids is 1. The molecule has 92 valence electrons. The Morgan fingerprint density at radius 3 is 2.88 bits per heavy atom. The zero-order valence-electron chi connectivity index (χ0n) is 9.54. The third kappa shape index (κ3) is 3.44. The number of rotatable bonds is 4. The van der Waals surface area contributed by atoms with Crippen molar-refractivity contribution in [3.8, 4) is 0 Å². The quantitative estimate of drug-likeness (QED) is 0.866. The van der Waals surface area contributed by atoms with Crippen molar-refractivity contribution in [1.29, 1.82) is 0 Å². The maximum absolute atomic E-state index is 11.7. The minimum Gasteiger partial charge on any atom is -0.281 e. The van der Waals surface area contributed by atoms with Crippen LogP contribution in [0.5, 0.6) is 0 Å². The van der Waals surface area contributed by atoms with Gasteiger partial charge >= 0.3 is 0 Å². The highest BCUT2D eigenvalue weighted by atomic mass is 79.9. The SMILES string of the molecule is CN(NCc1ccc(Br)cc1Cl)C(=O)C1CC1. The molecule has 1 fully saturated rings. The fourth-order valence-corrected chi connectivity index (χ4v) is 2.29. The Balaban J connectivity index is 1.90. The summed E-state index contributed by atoms with van der Waals surface area (Å²) < 4.78 is 0.952. The Morgan fingerprint density at radius 1 is 1.59 bits per heavy atom. The lowest BCUT2D eigenvalue weighted by Gasteiger charge is -2.18. The number of hydrazine groups is 1. The number of nitrogens with one attached hydrogen (secondary N) is 1. The van der Waals surface area contributed by atoms with Crippen LogP contribution in [0.2, 0.25) is 5.02 Å². The molecule has 17 heavy (non-hydrogen) atoms. The summed E-state index contributed by atoms with van der Waals surface area (Å²) in [5, 5.41) is 2.26. The molecule has 3 nitrogen and oxygen atoms in total. The van der Waals surface area contributed by atoms with Crippen LogP contribution in [0, 0.1) is 5.92 Å². The van der Waals surface area contributed by atoms with Crippen molar-refractivity contribution in [2.45, 2.75) is 19.4 Å². The first-order valence-electron chi connectivity index (χ1n) is 5.53. The van der Waals surface area contributed by atoms with Gasteiger partial charge in [-0.05, 0) is 30.5 Å². The van der Waals surface area contributed by atoms with E-state index < -0.39 is 0 Å². The van der Waals surface area contributed by atoms with Crippen LogP contribution in [0.1, 0.15) is 18.4 Å². The summed E-state index contributed by atoms with van der Waals surface area (Å²) in [6.07, 6.45) is 2.04. The van der Waals surface area contributed by atoms with Gasteiger partial charge in [0.2, 0.25) is 5.91 Å². The number of carbonyl (C=O) groups is 1. The normalized spacial score (nSPS) is 14.8. The number of nitrogens with zero attached hydrogens (tertiary/aromatic N) is 1. The van der Waals surface area contributed by atoms with Crippen LogP contribution < -0.4 is 5.43 Å². The van der Waals surface area contributed by atoms with E-state index in [2.05, 4.69) is 21.4 Å². The molecule has 1 aromatic rings. The predicted octanol–water partition coefficient (Wildman–Crippen LogP) is 2.98. The molecule has 0 aromatic heterocycles. The van der Waals surface area contributed by atoms with E-state index in [1.807, 2.05) is 18.2 Å². The minimum absolute atomic E-state index is 0.165. The third-order valence-corrected chi connectivity index (χ3v) is 3.62. The highest BCUT2D eigenvalue weighted by molar-refractivity contribution is 9.10. The average molecular weight is 318 g/mol. The van der Waals surface area contributed by atoms with Crippen molar-refractivity contribution in [1.82, 2.24) is 10.4 Å². The predicted molar refractivity (Wildman–Crippen MR) is 71.5 cm³/mol. The molecule has 0 unspecified atom stereocenters. The lowest BCUT2D eigenvalue weighted by molar-refractivity contribution is -0.134. The molecule has 0 saturated heterocycles. The van der Waals surface area contributed by atoms with Crippen LogP contribution in [-0.2, 0) is 11.3 Å². The van der Waals surface area contributed by atoms with Gasteiger partial charge in [-0.2, -0.15) is 0 Å². The number of benzene rings is 1. The van der Waals surface area contributed by atoms with Crippen LogP contribution in [-0.4, -0.2) is 18.0 Å². The van der Waals surface area contributed by atoms with Gasteiger partial charge in [0.15, 0.2) is 0 Å². The molecule has 0 heterocycles. The Labute approximate surface area is 114 Å². The molecule has 0 spiro atoms. The second-order valence-electron chi connectivity index (χ2n) is 4.24. The Morgan fingerprint density at radius 2 is 2.29 bits per heavy atom. The van der Waals surface area contributed by atoms with Gasteiger partial charge in [-0.3, -0.25) is 9.80 Å². The maximum atomic E-state index is 11.7. The highest BCUT2D eigenvalue weighted by Crippen LogP contribution is 2.30. The topological polar surface area (TPSA) is 32.3 Å². The molecule has 0 bridgehead atoms. The Kier molecular flexibility index (Phi) is 4.07. The van der Waals surface area contributed by atoms with Crippen molar-refractivity contribution in [2.75, 3.05) is 7.05 Å². The van der Waals surface area contributed by atoms with Crippen LogP contribution in [0.4, 0.5) is 0 Å².